The van der Waals surface area contributed by atoms with E-state index in [-0.39, 0.29) is 0 Å². The van der Waals surface area contributed by atoms with Crippen LogP contribution in [0.25, 0.3) is 0 Å². The molecule has 0 amide bonds. The van der Waals surface area contributed by atoms with Gasteiger partial charge in [-0.25, -0.2) is 4.79 Å². The zero-order valence-corrected chi connectivity index (χ0v) is 8.48. The monoisotopic (exact) mass is 238 g/mol. The molecule has 0 aromatic carbocycles. The van der Waals surface area contributed by atoms with Crippen LogP contribution in [0.2, 0.25) is 0 Å². The van der Waals surface area contributed by atoms with Crippen LogP contribution in [0.3, 0.4) is 0 Å². The summed E-state index contributed by atoms with van der Waals surface area (Å²) >= 11 is 0. The number of carbonyl (C=O) groups excluding carboxylic acids is 2. The third-order valence-electron chi connectivity index (χ3n) is 1.89. The van der Waals surface area contributed by atoms with Gasteiger partial charge in [-0.3, -0.25) is 4.79 Å². The van der Waals surface area contributed by atoms with E-state index in [0.717, 1.165) is 7.11 Å². The molecule has 0 aliphatic rings. The van der Waals surface area contributed by atoms with Crippen molar-refractivity contribution in [1.29, 1.82) is 0 Å². The number of aliphatic hydroxyl groups is 5. The molecule has 0 saturated heterocycles. The molecular weight excluding hydrogens is 224 g/mol. The van der Waals surface area contributed by atoms with E-state index in [1.54, 1.807) is 0 Å². The maximum Gasteiger partial charge on any atom is 0.342 e. The molecule has 0 fully saturated rings. The van der Waals surface area contributed by atoms with Crippen LogP contribution in [0.4, 0.5) is 0 Å². The molecule has 4 atom stereocenters. The highest BCUT2D eigenvalue weighted by atomic mass is 16.5. The third kappa shape index (κ3) is 3.51. The van der Waals surface area contributed by atoms with Crippen molar-refractivity contribution in [3.63, 3.8) is 0 Å². The van der Waals surface area contributed by atoms with Crippen molar-refractivity contribution in [2.45, 2.75) is 24.4 Å². The van der Waals surface area contributed by atoms with Crippen molar-refractivity contribution in [2.24, 2.45) is 0 Å². The normalized spacial score (nSPS) is 18.4. The Balaban J connectivity index is 4.54. The Bertz CT molecular complexity index is 252. The van der Waals surface area contributed by atoms with Gasteiger partial charge >= 0.3 is 5.97 Å². The first-order valence-electron chi connectivity index (χ1n) is 4.31. The second-order valence-electron chi connectivity index (χ2n) is 3.01. The van der Waals surface area contributed by atoms with Gasteiger partial charge in [-0.15, -0.1) is 0 Å². The second kappa shape index (κ2) is 6.51. The summed E-state index contributed by atoms with van der Waals surface area (Å²) in [7, 11) is 0.921. The molecule has 94 valence electrons. The lowest BCUT2D eigenvalue weighted by molar-refractivity contribution is -0.163. The minimum absolute atomic E-state index is 0.889. The summed E-state index contributed by atoms with van der Waals surface area (Å²) in [5.41, 5.74) is 0. The number of esters is 1. The Morgan fingerprint density at radius 3 is 2.06 bits per heavy atom. The van der Waals surface area contributed by atoms with E-state index in [1.807, 2.05) is 0 Å². The minimum atomic E-state index is -2.25. The molecule has 0 saturated carbocycles. The summed E-state index contributed by atoms with van der Waals surface area (Å²) in [6.45, 7) is -0.889. The number of hydrogen-bond acceptors (Lipinski definition) is 8. The molecule has 0 aromatic rings. The van der Waals surface area contributed by atoms with E-state index in [9.17, 15) is 9.59 Å². The fourth-order valence-corrected chi connectivity index (χ4v) is 0.876. The minimum Gasteiger partial charge on any atom is -0.467 e. The Kier molecular flexibility index (Phi) is 6.08. The molecular formula is C8H14O8. The zero-order valence-electron chi connectivity index (χ0n) is 8.48. The molecule has 0 aliphatic heterocycles. The van der Waals surface area contributed by atoms with Gasteiger partial charge in [-0.05, 0) is 0 Å². The lowest BCUT2D eigenvalue weighted by atomic mass is 10.0. The molecule has 8 nitrogen and oxygen atoms in total. The van der Waals surface area contributed by atoms with E-state index < -0.39 is 42.8 Å². The largest absolute Gasteiger partial charge is 0.467 e. The van der Waals surface area contributed by atoms with Gasteiger partial charge in [0.15, 0.2) is 0 Å². The summed E-state index contributed by atoms with van der Waals surface area (Å²) < 4.78 is 4.04. The lowest BCUT2D eigenvalue weighted by Gasteiger charge is -2.21. The van der Waals surface area contributed by atoms with Crippen molar-refractivity contribution >= 4 is 11.8 Å². The van der Waals surface area contributed by atoms with Crippen LogP contribution in [-0.4, -0.2) is 75.4 Å². The molecule has 1 unspecified atom stereocenters. The number of hydrogen-bond donors (Lipinski definition) is 5. The maximum atomic E-state index is 11.2. The fraction of sp³-hybridized carbons (Fsp3) is 0.750. The first-order valence-corrected chi connectivity index (χ1v) is 4.31. The van der Waals surface area contributed by atoms with Crippen molar-refractivity contribution in [3.8, 4) is 0 Å². The van der Waals surface area contributed by atoms with Crippen LogP contribution in [0.15, 0.2) is 0 Å². The lowest BCUT2D eigenvalue weighted by Crippen LogP contribution is -2.49. The highest BCUT2D eigenvalue weighted by molar-refractivity contribution is 6.03. The van der Waals surface area contributed by atoms with E-state index in [4.69, 9.17) is 25.5 Å². The van der Waals surface area contributed by atoms with Crippen LogP contribution in [-0.2, 0) is 14.3 Å². The number of methoxy groups -OCH3 is 1. The van der Waals surface area contributed by atoms with Gasteiger partial charge in [0.25, 0.3) is 0 Å². The summed E-state index contributed by atoms with van der Waals surface area (Å²) in [5, 5.41) is 44.7. The molecule has 16 heavy (non-hydrogen) atoms. The van der Waals surface area contributed by atoms with Gasteiger partial charge in [0.1, 0.15) is 18.3 Å². The Labute approximate surface area is 90.7 Å². The fourth-order valence-electron chi connectivity index (χ4n) is 0.876. The highest BCUT2D eigenvalue weighted by Gasteiger charge is 2.36. The molecule has 8 heteroatoms. The molecule has 0 rings (SSSR count). The summed E-state index contributed by atoms with van der Waals surface area (Å²) in [6, 6.07) is 0. The van der Waals surface area contributed by atoms with Gasteiger partial charge in [0.05, 0.1) is 13.7 Å². The van der Waals surface area contributed by atoms with Crippen molar-refractivity contribution < 1.29 is 39.9 Å². The van der Waals surface area contributed by atoms with Crippen molar-refractivity contribution in [2.75, 3.05) is 13.7 Å². The third-order valence-corrected chi connectivity index (χ3v) is 1.89. The number of ketones is 1. The summed E-state index contributed by atoms with van der Waals surface area (Å²) in [4.78, 5) is 21.9. The van der Waals surface area contributed by atoms with Crippen LogP contribution >= 0.6 is 0 Å². The average molecular weight is 238 g/mol. The van der Waals surface area contributed by atoms with Gasteiger partial charge < -0.3 is 30.3 Å². The Hall–Kier alpha value is -1.06. The molecule has 0 spiro atoms. The molecule has 0 aliphatic carbocycles. The second-order valence-corrected chi connectivity index (χ2v) is 3.01. The van der Waals surface area contributed by atoms with Gasteiger partial charge in [0, 0.05) is 0 Å². The highest BCUT2D eigenvalue weighted by Crippen LogP contribution is 2.05. The summed E-state index contributed by atoms with van der Waals surface area (Å²) in [5.74, 6) is -2.72. The predicted molar refractivity (Wildman–Crippen MR) is 48.1 cm³/mol. The van der Waals surface area contributed by atoms with Gasteiger partial charge in [0.2, 0.25) is 11.9 Å². The summed E-state index contributed by atoms with van der Waals surface area (Å²) in [6.07, 6.45) is -8.21. The molecule has 5 N–H and O–H groups in total. The zero-order chi connectivity index (χ0) is 12.9. The van der Waals surface area contributed by atoms with Crippen LogP contribution < -0.4 is 0 Å². The predicted octanol–water partition coefficient (Wildman–Crippen LogP) is -3.84. The number of carbonyl (C=O) groups is 2. The van der Waals surface area contributed by atoms with Crippen molar-refractivity contribution in [1.82, 2.24) is 0 Å². The van der Waals surface area contributed by atoms with E-state index in [2.05, 4.69) is 4.74 Å². The molecule has 0 heterocycles. The molecule has 0 aromatic heterocycles. The van der Waals surface area contributed by atoms with E-state index in [0.29, 0.717) is 0 Å². The first-order chi connectivity index (χ1) is 7.36. The Morgan fingerprint density at radius 2 is 1.69 bits per heavy atom. The van der Waals surface area contributed by atoms with Gasteiger partial charge in [-0.1, -0.05) is 0 Å². The topological polar surface area (TPSA) is 145 Å². The number of aliphatic hydroxyl groups excluding tert-OH is 5. The smallest absolute Gasteiger partial charge is 0.342 e. The number of Topliss-reactive ketones (excluding diaryl/α,β-unsaturated/α-hetero) is 1. The van der Waals surface area contributed by atoms with Crippen LogP contribution in [0, 0.1) is 0 Å². The maximum absolute atomic E-state index is 11.2. The number of rotatable bonds is 6. The Morgan fingerprint density at radius 1 is 1.19 bits per heavy atom. The first kappa shape index (κ1) is 14.9. The molecule has 0 bridgehead atoms. The standard InChI is InChI=1S/C8H14O8/c1-16-8(15)7(14)6(13)5(12)4(11)3(10)2-9/h3-5,7,9-12,14H,2H2,1H3/t3?,4-,5+,7-/m0/s1. The quantitative estimate of drug-likeness (QED) is 0.234. The van der Waals surface area contributed by atoms with Gasteiger partial charge in [-0.2, -0.15) is 0 Å². The van der Waals surface area contributed by atoms with Crippen LogP contribution in [0.1, 0.15) is 0 Å². The molecule has 0 radical (unpaired) electrons. The van der Waals surface area contributed by atoms with E-state index in [1.165, 1.54) is 0 Å². The van der Waals surface area contributed by atoms with Crippen molar-refractivity contribution in [3.05, 3.63) is 0 Å². The van der Waals surface area contributed by atoms with Crippen LogP contribution in [0.5, 0.6) is 0 Å². The number of ether oxygens (including phenoxy) is 1. The average Bonchev–Trinajstić information content (AvgIpc) is 2.32. The van der Waals surface area contributed by atoms with E-state index >= 15 is 0 Å². The SMILES string of the molecule is COC(=O)[C@@H](O)C(=O)[C@H](O)[C@@H](O)C(O)CO.